The number of H-pyrrole nitrogens is 1. The van der Waals surface area contributed by atoms with Gasteiger partial charge in [0.05, 0.1) is 23.9 Å². The number of aromatic nitrogens is 4. The molecule has 8 nitrogen and oxygen atoms in total. The fourth-order valence-corrected chi connectivity index (χ4v) is 4.86. The molecular weight excluding hydrogens is 543 g/mol. The van der Waals surface area contributed by atoms with Crippen LogP contribution in [0, 0.1) is 6.92 Å². The van der Waals surface area contributed by atoms with Gasteiger partial charge in [-0.1, -0.05) is 72.7 Å². The number of benzene rings is 3. The summed E-state index contributed by atoms with van der Waals surface area (Å²) in [6, 6.07) is 23.3. The van der Waals surface area contributed by atoms with Crippen LogP contribution in [0.15, 0.2) is 86.9 Å². The van der Waals surface area contributed by atoms with E-state index in [2.05, 4.69) is 17.1 Å². The molecular formula is C32H33KN4O4. The fraction of sp³-hybridized carbons (Fsp3) is 0.250. The summed E-state index contributed by atoms with van der Waals surface area (Å²) in [6.45, 7) is 8.35. The normalized spacial score (nSPS) is 11.0. The molecule has 41 heavy (non-hydrogen) atoms. The Kier molecular flexibility index (Phi) is 10.3. The molecule has 2 aromatic heterocycles. The molecule has 9 heteroatoms. The number of ether oxygens (including phenoxy) is 1. The van der Waals surface area contributed by atoms with Gasteiger partial charge in [0.25, 0.3) is 5.56 Å². The van der Waals surface area contributed by atoms with Gasteiger partial charge in [-0.05, 0) is 61.6 Å². The molecule has 0 saturated carbocycles. The van der Waals surface area contributed by atoms with E-state index in [1.165, 1.54) is 0 Å². The van der Waals surface area contributed by atoms with Gasteiger partial charge in [-0.3, -0.25) is 18.9 Å². The smallest absolute Gasteiger partial charge is 1.00 e. The van der Waals surface area contributed by atoms with Crippen molar-refractivity contribution in [3.63, 3.8) is 0 Å². The minimum Gasteiger partial charge on any atom is -1.00 e. The predicted octanol–water partition coefficient (Wildman–Crippen LogP) is 3.13. The van der Waals surface area contributed by atoms with Crippen LogP contribution in [0.3, 0.4) is 0 Å². The number of aryl methyl sites for hydroxylation is 2. The Hall–Kier alpha value is -3.08. The summed E-state index contributed by atoms with van der Waals surface area (Å²) >= 11 is 0. The zero-order valence-electron chi connectivity index (χ0n) is 25.1. The maximum Gasteiger partial charge on any atom is 1.00 e. The maximum atomic E-state index is 13.9. The van der Waals surface area contributed by atoms with E-state index in [0.717, 1.165) is 51.5 Å². The monoisotopic (exact) mass is 576 g/mol. The van der Waals surface area contributed by atoms with Crippen molar-refractivity contribution in [2.75, 3.05) is 0 Å². The summed E-state index contributed by atoms with van der Waals surface area (Å²) in [5.41, 5.74) is 5.69. The first kappa shape index (κ1) is 30.9. The number of nitrogens with one attached hydrogen (secondary N) is 1. The SMILES string of the molecule is CCCc1nc(C)c(-c2ccc(OC(C)C)cc2)c(=O)n1Cc1ccc(-c2ccccc2-c2noc(=O)[nH]2)cc1.[H-].[K+]. The number of hydrogen-bond acceptors (Lipinski definition) is 6. The minimum atomic E-state index is -0.598. The molecule has 0 radical (unpaired) electrons. The number of nitrogens with zero attached hydrogens (tertiary/aromatic N) is 3. The fourth-order valence-electron chi connectivity index (χ4n) is 4.86. The molecule has 1 N–H and O–H groups in total. The summed E-state index contributed by atoms with van der Waals surface area (Å²) in [5.74, 6) is 1.32. The van der Waals surface area contributed by atoms with Gasteiger partial charge >= 0.3 is 57.1 Å². The molecule has 5 rings (SSSR count). The van der Waals surface area contributed by atoms with Crippen molar-refractivity contribution in [3.8, 4) is 39.4 Å². The quantitative estimate of drug-likeness (QED) is 0.271. The summed E-state index contributed by atoms with van der Waals surface area (Å²) < 4.78 is 12.3. The summed E-state index contributed by atoms with van der Waals surface area (Å²) in [5, 5.41) is 3.84. The van der Waals surface area contributed by atoms with Gasteiger partial charge in [-0.15, -0.1) is 0 Å². The summed E-state index contributed by atoms with van der Waals surface area (Å²) in [6.07, 6.45) is 1.66. The van der Waals surface area contributed by atoms with Crippen molar-refractivity contribution in [1.82, 2.24) is 19.7 Å². The van der Waals surface area contributed by atoms with Crippen molar-refractivity contribution in [1.29, 1.82) is 0 Å². The van der Waals surface area contributed by atoms with Crippen LogP contribution in [0.4, 0.5) is 0 Å². The molecule has 0 aliphatic heterocycles. The van der Waals surface area contributed by atoms with Gasteiger partial charge in [-0.25, -0.2) is 9.78 Å². The number of rotatable bonds is 9. The van der Waals surface area contributed by atoms with E-state index in [9.17, 15) is 9.59 Å². The van der Waals surface area contributed by atoms with Crippen LogP contribution in [-0.2, 0) is 13.0 Å². The van der Waals surface area contributed by atoms with E-state index < -0.39 is 5.76 Å². The van der Waals surface area contributed by atoms with Crippen molar-refractivity contribution >= 4 is 0 Å². The zero-order valence-corrected chi connectivity index (χ0v) is 27.2. The molecule has 0 aliphatic carbocycles. The predicted molar refractivity (Wildman–Crippen MR) is 157 cm³/mol. The van der Waals surface area contributed by atoms with E-state index >= 15 is 0 Å². The zero-order chi connectivity index (χ0) is 28.2. The van der Waals surface area contributed by atoms with E-state index in [0.29, 0.717) is 24.4 Å². The average molecular weight is 577 g/mol. The van der Waals surface area contributed by atoms with E-state index in [1.54, 1.807) is 4.57 Å². The van der Waals surface area contributed by atoms with Crippen LogP contribution in [0.2, 0.25) is 0 Å². The molecule has 2 heterocycles. The van der Waals surface area contributed by atoms with Crippen molar-refractivity contribution in [2.24, 2.45) is 0 Å². The topological polar surface area (TPSA) is 103 Å². The van der Waals surface area contributed by atoms with Crippen LogP contribution in [0.1, 0.15) is 45.7 Å². The standard InChI is InChI=1S/C32H32N4O4.K.H/c1-5-8-28-33-21(4)29(24-15-17-25(18-16-24)39-20(2)3)31(37)36(28)19-22-11-13-23(14-12-22)26-9-6-7-10-27(26)30-34-32(38)40-35-30;;/h6-7,9-18,20H,5,8,19H2,1-4H3,(H,34,35,38);;/q;+1;-1. The summed E-state index contributed by atoms with van der Waals surface area (Å²) in [4.78, 5) is 32.9. The molecule has 0 bridgehead atoms. The Morgan fingerprint density at radius 1 is 0.951 bits per heavy atom. The van der Waals surface area contributed by atoms with Crippen LogP contribution < -0.4 is 67.4 Å². The minimum absolute atomic E-state index is 0. The molecule has 0 amide bonds. The van der Waals surface area contributed by atoms with Crippen molar-refractivity contribution in [2.45, 2.75) is 53.2 Å². The van der Waals surface area contributed by atoms with Gasteiger partial charge in [0, 0.05) is 12.0 Å². The molecule has 0 saturated heterocycles. The Labute approximate surface area is 282 Å². The third-order valence-corrected chi connectivity index (χ3v) is 6.65. The molecule has 0 spiro atoms. The Balaban J connectivity index is 0.00000242. The molecule has 0 atom stereocenters. The van der Waals surface area contributed by atoms with Crippen LogP contribution in [0.25, 0.3) is 33.6 Å². The van der Waals surface area contributed by atoms with Crippen LogP contribution in [0.5, 0.6) is 5.75 Å². The largest absolute Gasteiger partial charge is 1.00 e. The van der Waals surface area contributed by atoms with Gasteiger partial charge in [0.2, 0.25) is 0 Å². The first-order valence-corrected chi connectivity index (χ1v) is 13.5. The maximum absolute atomic E-state index is 13.9. The second-order valence-electron chi connectivity index (χ2n) is 10.0. The van der Waals surface area contributed by atoms with Crippen molar-refractivity contribution in [3.05, 3.63) is 111 Å². The number of aromatic amines is 1. The molecule has 5 aromatic rings. The average Bonchev–Trinajstić information content (AvgIpc) is 3.38. The summed E-state index contributed by atoms with van der Waals surface area (Å²) in [7, 11) is 0. The van der Waals surface area contributed by atoms with E-state index in [1.807, 2.05) is 93.6 Å². The molecule has 3 aromatic carbocycles. The third-order valence-electron chi connectivity index (χ3n) is 6.65. The second kappa shape index (κ2) is 13.7. The van der Waals surface area contributed by atoms with Crippen LogP contribution >= 0.6 is 0 Å². The second-order valence-corrected chi connectivity index (χ2v) is 10.0. The third kappa shape index (κ3) is 7.05. The van der Waals surface area contributed by atoms with Gasteiger partial charge < -0.3 is 6.16 Å². The Morgan fingerprint density at radius 3 is 2.22 bits per heavy atom. The van der Waals surface area contributed by atoms with Gasteiger partial charge in [0.15, 0.2) is 5.82 Å². The van der Waals surface area contributed by atoms with Gasteiger partial charge in [0.1, 0.15) is 11.6 Å². The Bertz CT molecular complexity index is 1740. The first-order chi connectivity index (χ1) is 19.3. The molecule has 0 aliphatic rings. The van der Waals surface area contributed by atoms with Gasteiger partial charge in [-0.2, -0.15) is 0 Å². The molecule has 0 fully saturated rings. The molecule has 206 valence electrons. The van der Waals surface area contributed by atoms with Crippen LogP contribution in [-0.4, -0.2) is 25.8 Å². The Morgan fingerprint density at radius 2 is 1.61 bits per heavy atom. The van der Waals surface area contributed by atoms with Crippen molar-refractivity contribution < 1.29 is 62.1 Å². The number of hydrogen-bond donors (Lipinski definition) is 1. The first-order valence-electron chi connectivity index (χ1n) is 13.5. The van der Waals surface area contributed by atoms with E-state index in [-0.39, 0.29) is 64.5 Å². The van der Waals surface area contributed by atoms with E-state index in [4.69, 9.17) is 14.2 Å². The molecule has 0 unspecified atom stereocenters.